The van der Waals surface area contributed by atoms with Crippen LogP contribution in [0.3, 0.4) is 0 Å². The van der Waals surface area contributed by atoms with Crippen molar-refractivity contribution in [1.82, 2.24) is 10.6 Å². The fourth-order valence-corrected chi connectivity index (χ4v) is 3.50. The second kappa shape index (κ2) is 12.2. The molecule has 0 fully saturated rings. The minimum absolute atomic E-state index is 0.0907. The quantitative estimate of drug-likeness (QED) is 0.273. The normalized spacial score (nSPS) is 10.4. The van der Waals surface area contributed by atoms with Crippen LogP contribution in [0.5, 0.6) is 5.75 Å². The Morgan fingerprint density at radius 3 is 2.64 bits per heavy atom. The maximum absolute atomic E-state index is 12.5. The number of carbonyl (C=O) groups excluding carboxylic acids is 2. The Bertz CT molecular complexity index is 1120. The van der Waals surface area contributed by atoms with Gasteiger partial charge < -0.3 is 25.1 Å². The number of carbonyl (C=O) groups is 2. The van der Waals surface area contributed by atoms with Gasteiger partial charge in [0.25, 0.3) is 5.91 Å². The van der Waals surface area contributed by atoms with Gasteiger partial charge in [-0.15, -0.1) is 0 Å². The van der Waals surface area contributed by atoms with E-state index in [0.717, 1.165) is 0 Å². The number of hydrogen-bond acceptors (Lipinski definition) is 5. The molecule has 0 radical (unpaired) electrons. The number of amides is 2. The summed E-state index contributed by atoms with van der Waals surface area (Å²) in [7, 11) is 0. The van der Waals surface area contributed by atoms with Crippen LogP contribution in [-0.2, 0) is 11.3 Å². The first-order valence-corrected chi connectivity index (χ1v) is 11.2. The maximum atomic E-state index is 12.5. The van der Waals surface area contributed by atoms with Crippen LogP contribution in [0.1, 0.15) is 29.0 Å². The van der Waals surface area contributed by atoms with Crippen molar-refractivity contribution in [3.8, 4) is 5.75 Å². The van der Waals surface area contributed by atoms with Crippen molar-refractivity contribution in [3.63, 3.8) is 0 Å². The molecule has 2 amide bonds. The molecule has 2 aromatic carbocycles. The Labute approximate surface area is 206 Å². The third kappa shape index (κ3) is 7.78. The number of nitrogens with one attached hydrogen (secondary N) is 3. The highest BCUT2D eigenvalue weighted by Crippen LogP contribution is 2.27. The molecule has 0 aliphatic heterocycles. The number of thiocarbonyl (C=S) groups is 1. The first kappa shape index (κ1) is 24.6. The highest BCUT2D eigenvalue weighted by molar-refractivity contribution is 7.80. The van der Waals surface area contributed by atoms with Crippen molar-refractivity contribution in [2.24, 2.45) is 0 Å². The molecule has 172 valence electrons. The summed E-state index contributed by atoms with van der Waals surface area (Å²) in [5, 5.41) is 9.29. The van der Waals surface area contributed by atoms with E-state index in [2.05, 4.69) is 16.0 Å². The van der Waals surface area contributed by atoms with Crippen LogP contribution in [0, 0.1) is 0 Å². The molecule has 1 aromatic heterocycles. The van der Waals surface area contributed by atoms with Crippen LogP contribution in [-0.4, -0.2) is 23.5 Å². The number of hydrogen-bond donors (Lipinski definition) is 3. The van der Waals surface area contributed by atoms with E-state index >= 15 is 0 Å². The Morgan fingerprint density at radius 2 is 1.88 bits per heavy atom. The summed E-state index contributed by atoms with van der Waals surface area (Å²) in [5.41, 5.74) is 0.856. The number of halogens is 2. The lowest BCUT2D eigenvalue weighted by Gasteiger charge is -2.13. The summed E-state index contributed by atoms with van der Waals surface area (Å²) in [6.45, 7) is 0.554. The van der Waals surface area contributed by atoms with Gasteiger partial charge in [-0.1, -0.05) is 35.3 Å². The molecule has 3 N–H and O–H groups in total. The molecule has 0 saturated heterocycles. The number of anilines is 1. The van der Waals surface area contributed by atoms with Gasteiger partial charge in [-0.3, -0.25) is 9.59 Å². The molecule has 0 bridgehead atoms. The second-order valence-electron chi connectivity index (χ2n) is 6.84. The SMILES string of the molecule is O=C(CCCOc1ccc(Cl)cc1Cl)NC(=S)Nc1ccccc1C(=O)NCc1ccco1. The molecule has 0 saturated carbocycles. The zero-order valence-electron chi connectivity index (χ0n) is 17.4. The highest BCUT2D eigenvalue weighted by Gasteiger charge is 2.13. The maximum Gasteiger partial charge on any atom is 0.253 e. The molecule has 10 heteroatoms. The summed E-state index contributed by atoms with van der Waals surface area (Å²) in [6, 6.07) is 15.3. The predicted octanol–water partition coefficient (Wildman–Crippen LogP) is 5.19. The monoisotopic (exact) mass is 505 g/mol. The lowest BCUT2D eigenvalue weighted by Crippen LogP contribution is -2.35. The minimum Gasteiger partial charge on any atom is -0.492 e. The largest absolute Gasteiger partial charge is 0.492 e. The Morgan fingerprint density at radius 1 is 1.06 bits per heavy atom. The number of furan rings is 1. The summed E-state index contributed by atoms with van der Waals surface area (Å²) >= 11 is 17.1. The van der Waals surface area contributed by atoms with Gasteiger partial charge in [0.1, 0.15) is 11.5 Å². The molecule has 0 aliphatic carbocycles. The van der Waals surface area contributed by atoms with Crippen molar-refractivity contribution in [2.75, 3.05) is 11.9 Å². The lowest BCUT2D eigenvalue weighted by molar-refractivity contribution is -0.119. The van der Waals surface area contributed by atoms with Crippen molar-refractivity contribution in [3.05, 3.63) is 82.2 Å². The zero-order chi connectivity index (χ0) is 23.6. The van der Waals surface area contributed by atoms with Crippen molar-refractivity contribution in [1.29, 1.82) is 0 Å². The lowest BCUT2D eigenvalue weighted by atomic mass is 10.1. The smallest absolute Gasteiger partial charge is 0.253 e. The zero-order valence-corrected chi connectivity index (χ0v) is 19.7. The molecule has 7 nitrogen and oxygen atoms in total. The van der Waals surface area contributed by atoms with E-state index in [1.54, 1.807) is 54.6 Å². The number of para-hydroxylation sites is 1. The van der Waals surface area contributed by atoms with Crippen LogP contribution in [0.4, 0.5) is 5.69 Å². The third-order valence-electron chi connectivity index (χ3n) is 4.38. The van der Waals surface area contributed by atoms with Gasteiger partial charge in [-0.2, -0.15) is 0 Å². The molecule has 3 rings (SSSR count). The molecule has 1 heterocycles. The van der Waals surface area contributed by atoms with Crippen LogP contribution >= 0.6 is 35.4 Å². The van der Waals surface area contributed by atoms with Gasteiger partial charge in [0.15, 0.2) is 5.11 Å². The van der Waals surface area contributed by atoms with Crippen molar-refractivity contribution in [2.45, 2.75) is 19.4 Å². The van der Waals surface area contributed by atoms with E-state index in [4.69, 9.17) is 44.6 Å². The van der Waals surface area contributed by atoms with Crippen LogP contribution in [0.15, 0.2) is 65.3 Å². The predicted molar refractivity (Wildman–Crippen MR) is 132 cm³/mol. The number of rotatable bonds is 9. The average Bonchev–Trinajstić information content (AvgIpc) is 3.30. The molecule has 3 aromatic rings. The second-order valence-corrected chi connectivity index (χ2v) is 8.09. The highest BCUT2D eigenvalue weighted by atomic mass is 35.5. The Hall–Kier alpha value is -3.07. The molecule has 0 aliphatic rings. The van der Waals surface area contributed by atoms with E-state index < -0.39 is 0 Å². The summed E-state index contributed by atoms with van der Waals surface area (Å²) in [5.74, 6) is 0.555. The molecular weight excluding hydrogens is 485 g/mol. The Kier molecular flexibility index (Phi) is 9.12. The molecule has 0 unspecified atom stereocenters. The van der Waals surface area contributed by atoms with Crippen LogP contribution in [0.25, 0.3) is 0 Å². The average molecular weight is 506 g/mol. The third-order valence-corrected chi connectivity index (χ3v) is 5.11. The van der Waals surface area contributed by atoms with Gasteiger partial charge in [-0.25, -0.2) is 0 Å². The summed E-state index contributed by atoms with van der Waals surface area (Å²) < 4.78 is 10.8. The molecule has 0 spiro atoms. The van der Waals surface area contributed by atoms with E-state index in [0.29, 0.717) is 45.8 Å². The molecular formula is C23H21Cl2N3O4S. The van der Waals surface area contributed by atoms with E-state index in [-0.39, 0.29) is 29.9 Å². The number of ether oxygens (including phenoxy) is 1. The number of benzene rings is 2. The van der Waals surface area contributed by atoms with Gasteiger partial charge in [-0.05, 0) is 61.1 Å². The Balaban J connectivity index is 1.44. The fraction of sp³-hybridized carbons (Fsp3) is 0.174. The van der Waals surface area contributed by atoms with Gasteiger partial charge in [0.2, 0.25) is 5.91 Å². The first-order valence-electron chi connectivity index (χ1n) is 10.0. The van der Waals surface area contributed by atoms with E-state index in [1.165, 1.54) is 6.26 Å². The van der Waals surface area contributed by atoms with Crippen LogP contribution < -0.4 is 20.7 Å². The summed E-state index contributed by atoms with van der Waals surface area (Å²) in [4.78, 5) is 24.7. The molecule has 33 heavy (non-hydrogen) atoms. The van der Waals surface area contributed by atoms with Crippen molar-refractivity contribution >= 4 is 58.0 Å². The van der Waals surface area contributed by atoms with Crippen molar-refractivity contribution < 1.29 is 18.7 Å². The van der Waals surface area contributed by atoms with E-state index in [1.807, 2.05) is 0 Å². The van der Waals surface area contributed by atoms with Gasteiger partial charge >= 0.3 is 0 Å². The van der Waals surface area contributed by atoms with Gasteiger partial charge in [0, 0.05) is 11.4 Å². The topological polar surface area (TPSA) is 92.6 Å². The standard InChI is InChI=1S/C23H21Cl2N3O4S/c24-15-9-10-20(18(25)13-15)32-12-4-8-21(29)28-23(33)27-19-7-2-1-6-17(19)22(30)26-14-16-5-3-11-31-16/h1-3,5-7,9-11,13H,4,8,12,14H2,(H,26,30)(H2,27,28,29,33). The fourth-order valence-electron chi connectivity index (χ4n) is 2.82. The van der Waals surface area contributed by atoms with Gasteiger partial charge in [0.05, 0.1) is 35.7 Å². The molecule has 0 atom stereocenters. The van der Waals surface area contributed by atoms with Crippen LogP contribution in [0.2, 0.25) is 10.0 Å². The summed E-state index contributed by atoms with van der Waals surface area (Å²) in [6.07, 6.45) is 2.19. The first-order chi connectivity index (χ1) is 15.9. The minimum atomic E-state index is -0.304. The van der Waals surface area contributed by atoms with E-state index in [9.17, 15) is 9.59 Å².